The lowest BCUT2D eigenvalue weighted by molar-refractivity contribution is -0.142. The fraction of sp³-hybridized carbons (Fsp3) is 0.556. The first kappa shape index (κ1) is 15.1. The number of benzene rings is 1. The van der Waals surface area contributed by atoms with E-state index in [1.165, 1.54) is 12.8 Å². The Kier molecular flexibility index (Phi) is 4.19. The van der Waals surface area contributed by atoms with Gasteiger partial charge in [0.2, 0.25) is 11.8 Å². The summed E-state index contributed by atoms with van der Waals surface area (Å²) in [6.07, 6.45) is 5.85. The first-order chi connectivity index (χ1) is 10.6. The first-order valence-electron chi connectivity index (χ1n) is 8.30. The number of hydrogen-bond acceptors (Lipinski definition) is 2. The molecule has 1 aliphatic carbocycles. The number of amides is 2. The zero-order valence-corrected chi connectivity index (χ0v) is 13.2. The summed E-state index contributed by atoms with van der Waals surface area (Å²) in [5.41, 5.74) is 1.03. The maximum absolute atomic E-state index is 12.8. The monoisotopic (exact) mass is 300 g/mol. The highest BCUT2D eigenvalue weighted by Crippen LogP contribution is 2.48. The number of para-hydroxylation sites is 1. The van der Waals surface area contributed by atoms with E-state index in [9.17, 15) is 9.59 Å². The number of aryl methyl sites for hydroxylation is 1. The van der Waals surface area contributed by atoms with Crippen molar-refractivity contribution in [3.8, 4) is 0 Å². The van der Waals surface area contributed by atoms with Gasteiger partial charge in [-0.05, 0) is 44.2 Å². The first-order valence-corrected chi connectivity index (χ1v) is 8.30. The van der Waals surface area contributed by atoms with Gasteiger partial charge in [0.1, 0.15) is 5.41 Å². The van der Waals surface area contributed by atoms with Crippen molar-refractivity contribution >= 4 is 17.5 Å². The number of nitrogens with zero attached hydrogens (tertiary/aromatic N) is 1. The smallest absolute Gasteiger partial charge is 0.240 e. The van der Waals surface area contributed by atoms with Crippen LogP contribution in [0.2, 0.25) is 0 Å². The average Bonchev–Trinajstić information content (AvgIpc) is 3.34. The molecule has 0 bridgehead atoms. The number of nitrogens with one attached hydrogen (secondary N) is 1. The molecule has 1 aromatic carbocycles. The second kappa shape index (κ2) is 6.11. The van der Waals surface area contributed by atoms with Gasteiger partial charge in [-0.25, -0.2) is 0 Å². The van der Waals surface area contributed by atoms with Crippen LogP contribution < -0.4 is 5.32 Å². The highest BCUT2D eigenvalue weighted by molar-refractivity contribution is 6.13. The third-order valence-corrected chi connectivity index (χ3v) is 4.88. The van der Waals surface area contributed by atoms with Crippen LogP contribution in [-0.4, -0.2) is 29.8 Å². The Balaban J connectivity index is 1.71. The zero-order chi connectivity index (χ0) is 15.6. The van der Waals surface area contributed by atoms with Gasteiger partial charge in [-0.3, -0.25) is 9.59 Å². The predicted molar refractivity (Wildman–Crippen MR) is 86.5 cm³/mol. The van der Waals surface area contributed by atoms with Gasteiger partial charge < -0.3 is 10.2 Å². The fourth-order valence-corrected chi connectivity index (χ4v) is 3.19. The van der Waals surface area contributed by atoms with Gasteiger partial charge in [0, 0.05) is 18.8 Å². The minimum Gasteiger partial charge on any atom is -0.342 e. The van der Waals surface area contributed by atoms with Crippen LogP contribution in [0.5, 0.6) is 0 Å². The normalized spacial score (nSPS) is 20.1. The van der Waals surface area contributed by atoms with Crippen LogP contribution >= 0.6 is 0 Å². The number of carbonyl (C=O) groups is 2. The molecule has 1 saturated heterocycles. The van der Waals surface area contributed by atoms with Gasteiger partial charge in [0.05, 0.1) is 0 Å². The Morgan fingerprint density at radius 1 is 1.05 bits per heavy atom. The van der Waals surface area contributed by atoms with Crippen LogP contribution in [0, 0.1) is 12.3 Å². The Labute approximate surface area is 131 Å². The Morgan fingerprint density at radius 3 is 2.27 bits per heavy atom. The highest BCUT2D eigenvalue weighted by Gasteiger charge is 2.58. The number of anilines is 1. The molecule has 2 fully saturated rings. The van der Waals surface area contributed by atoms with Crippen LogP contribution in [-0.2, 0) is 9.59 Å². The van der Waals surface area contributed by atoms with Gasteiger partial charge in [-0.1, -0.05) is 31.0 Å². The van der Waals surface area contributed by atoms with Gasteiger partial charge in [0.25, 0.3) is 0 Å². The number of hydrogen-bond donors (Lipinski definition) is 1. The molecule has 118 valence electrons. The third-order valence-electron chi connectivity index (χ3n) is 4.88. The fourth-order valence-electron chi connectivity index (χ4n) is 3.19. The summed E-state index contributed by atoms with van der Waals surface area (Å²) in [5.74, 6) is -0.0865. The van der Waals surface area contributed by atoms with Gasteiger partial charge in [-0.15, -0.1) is 0 Å². The van der Waals surface area contributed by atoms with Crippen LogP contribution in [0.4, 0.5) is 5.69 Å². The van der Waals surface area contributed by atoms with Crippen molar-refractivity contribution in [3.05, 3.63) is 29.8 Å². The summed E-state index contributed by atoms with van der Waals surface area (Å²) in [4.78, 5) is 27.4. The lowest BCUT2D eigenvalue weighted by atomic mass is 10.0. The predicted octanol–water partition coefficient (Wildman–Crippen LogP) is 3.12. The molecule has 1 aliphatic heterocycles. The molecular weight excluding hydrogens is 276 g/mol. The van der Waals surface area contributed by atoms with Crippen molar-refractivity contribution in [1.82, 2.24) is 4.90 Å². The molecule has 0 spiro atoms. The van der Waals surface area contributed by atoms with E-state index in [1.54, 1.807) is 0 Å². The molecule has 1 heterocycles. The summed E-state index contributed by atoms with van der Waals surface area (Å²) in [6.45, 7) is 3.57. The minimum atomic E-state index is -0.799. The molecule has 4 heteroatoms. The quantitative estimate of drug-likeness (QED) is 0.872. The summed E-state index contributed by atoms with van der Waals surface area (Å²) >= 11 is 0. The largest absolute Gasteiger partial charge is 0.342 e. The third kappa shape index (κ3) is 2.87. The summed E-state index contributed by atoms with van der Waals surface area (Å²) in [6, 6.07) is 7.70. The van der Waals surface area contributed by atoms with E-state index < -0.39 is 5.41 Å². The van der Waals surface area contributed by atoms with Crippen LogP contribution in [0.15, 0.2) is 24.3 Å². The van der Waals surface area contributed by atoms with Crippen LogP contribution in [0.1, 0.15) is 44.1 Å². The van der Waals surface area contributed by atoms with Crippen molar-refractivity contribution < 1.29 is 9.59 Å². The number of rotatable bonds is 3. The van der Waals surface area contributed by atoms with E-state index in [-0.39, 0.29) is 11.8 Å². The summed E-state index contributed by atoms with van der Waals surface area (Å²) < 4.78 is 0. The lowest BCUT2D eigenvalue weighted by Crippen LogP contribution is -2.43. The van der Waals surface area contributed by atoms with E-state index in [0.717, 1.165) is 37.2 Å². The standard InChI is InChI=1S/C18H24N2O2/c1-14-8-4-5-9-15(14)19-16(21)18(10-11-18)17(22)20-12-6-2-3-7-13-20/h4-5,8-9H,2-3,6-7,10-13H2,1H3,(H,19,21). The molecule has 1 saturated carbocycles. The van der Waals surface area contributed by atoms with Crippen molar-refractivity contribution in [2.45, 2.75) is 45.4 Å². The topological polar surface area (TPSA) is 49.4 Å². The van der Waals surface area contributed by atoms with Crippen molar-refractivity contribution in [2.24, 2.45) is 5.41 Å². The van der Waals surface area contributed by atoms with E-state index in [0.29, 0.717) is 12.8 Å². The molecule has 4 nitrogen and oxygen atoms in total. The number of likely N-dealkylation sites (tertiary alicyclic amines) is 1. The molecule has 0 radical (unpaired) electrons. The molecule has 1 N–H and O–H groups in total. The molecule has 0 unspecified atom stereocenters. The summed E-state index contributed by atoms with van der Waals surface area (Å²) in [5, 5.41) is 2.96. The maximum atomic E-state index is 12.8. The Hall–Kier alpha value is -1.84. The van der Waals surface area contributed by atoms with Gasteiger partial charge in [-0.2, -0.15) is 0 Å². The molecular formula is C18H24N2O2. The van der Waals surface area contributed by atoms with E-state index in [2.05, 4.69) is 5.32 Å². The Morgan fingerprint density at radius 2 is 1.68 bits per heavy atom. The average molecular weight is 300 g/mol. The van der Waals surface area contributed by atoms with Crippen LogP contribution in [0.3, 0.4) is 0 Å². The molecule has 0 atom stereocenters. The second-order valence-corrected chi connectivity index (χ2v) is 6.56. The number of carbonyl (C=O) groups excluding carboxylic acids is 2. The van der Waals surface area contributed by atoms with Crippen LogP contribution in [0.25, 0.3) is 0 Å². The lowest BCUT2D eigenvalue weighted by Gasteiger charge is -2.25. The van der Waals surface area contributed by atoms with E-state index >= 15 is 0 Å². The maximum Gasteiger partial charge on any atom is 0.240 e. The van der Waals surface area contributed by atoms with Crippen molar-refractivity contribution in [2.75, 3.05) is 18.4 Å². The molecule has 22 heavy (non-hydrogen) atoms. The second-order valence-electron chi connectivity index (χ2n) is 6.56. The van der Waals surface area contributed by atoms with Crippen molar-refractivity contribution in [1.29, 1.82) is 0 Å². The molecule has 1 aromatic rings. The minimum absolute atomic E-state index is 0.0421. The molecule has 2 amide bonds. The van der Waals surface area contributed by atoms with Gasteiger partial charge >= 0.3 is 0 Å². The van der Waals surface area contributed by atoms with Gasteiger partial charge in [0.15, 0.2) is 0 Å². The summed E-state index contributed by atoms with van der Waals surface area (Å²) in [7, 11) is 0. The van der Waals surface area contributed by atoms with Crippen molar-refractivity contribution in [3.63, 3.8) is 0 Å². The molecule has 0 aromatic heterocycles. The molecule has 2 aliphatic rings. The van der Waals surface area contributed by atoms with E-state index in [1.807, 2.05) is 36.1 Å². The Bertz CT molecular complexity index is 570. The zero-order valence-electron chi connectivity index (χ0n) is 13.2. The van der Waals surface area contributed by atoms with E-state index in [4.69, 9.17) is 0 Å². The SMILES string of the molecule is Cc1ccccc1NC(=O)C1(C(=O)N2CCCCCC2)CC1. The highest BCUT2D eigenvalue weighted by atomic mass is 16.2. The molecule has 3 rings (SSSR count).